The van der Waals surface area contributed by atoms with Crippen molar-refractivity contribution in [2.75, 3.05) is 5.08 Å². The van der Waals surface area contributed by atoms with Crippen LogP contribution < -0.4 is 0 Å². The second-order valence-corrected chi connectivity index (χ2v) is 4.41. The number of rotatable bonds is 2. The monoisotopic (exact) mass is 256 g/mol. The van der Waals surface area contributed by atoms with Gasteiger partial charge in [0.05, 0.1) is 0 Å². The predicted molar refractivity (Wildman–Crippen MR) is 27.9 cm³/mol. The van der Waals surface area contributed by atoms with Gasteiger partial charge in [-0.3, -0.25) is 0 Å². The summed E-state index contributed by atoms with van der Waals surface area (Å²) < 4.78 is 57.1. The first-order valence-corrected chi connectivity index (χ1v) is 4.73. The van der Waals surface area contributed by atoms with Crippen molar-refractivity contribution in [3.05, 3.63) is 0 Å². The van der Waals surface area contributed by atoms with Crippen molar-refractivity contribution in [2.24, 2.45) is 0 Å². The minimum Gasteiger partial charge on any atom is -0.747 e. The van der Waals surface area contributed by atoms with Gasteiger partial charge in [-0.1, -0.05) is 0 Å². The van der Waals surface area contributed by atoms with E-state index >= 15 is 0 Å². The third kappa shape index (κ3) is 17.9. The molecule has 0 amide bonds. The second-order valence-electron chi connectivity index (χ2n) is 1.23. The Kier molecular flexibility index (Phi) is 8.14. The number of hydrogen-bond donors (Lipinski definition) is 0. The van der Waals surface area contributed by atoms with E-state index in [-0.39, 0.29) is 25.0 Å². The van der Waals surface area contributed by atoms with Crippen LogP contribution in [0.5, 0.6) is 0 Å². The molecule has 0 aliphatic heterocycles. The van der Waals surface area contributed by atoms with Crippen LogP contribution >= 0.6 is 0 Å². The first-order valence-electron chi connectivity index (χ1n) is 1.58. The van der Waals surface area contributed by atoms with Gasteiger partial charge >= 0.3 is 19.5 Å². The predicted octanol–water partition coefficient (Wildman–Crippen LogP) is -2.79. The molecule has 7 nitrogen and oxygen atoms in total. The van der Waals surface area contributed by atoms with Gasteiger partial charge in [-0.2, -0.15) is 0 Å². The quantitative estimate of drug-likeness (QED) is 0.386. The molecule has 0 aromatic heterocycles. The summed E-state index contributed by atoms with van der Waals surface area (Å²) in [6.45, 7) is 0. The van der Waals surface area contributed by atoms with Crippen molar-refractivity contribution >= 4 is 20.2 Å². The molecular formula is CH4O7S2Zn. The van der Waals surface area contributed by atoms with E-state index in [1.165, 1.54) is 0 Å². The molecule has 0 unspecified atom stereocenters. The van der Waals surface area contributed by atoms with Crippen LogP contribution in [0, 0.1) is 0 Å². The zero-order valence-corrected chi connectivity index (χ0v) is 9.78. The van der Waals surface area contributed by atoms with Crippen LogP contribution in [0.3, 0.4) is 0 Å². The van der Waals surface area contributed by atoms with Crippen molar-refractivity contribution in [3.8, 4) is 0 Å². The first kappa shape index (κ1) is 17.5. The van der Waals surface area contributed by atoms with Crippen molar-refractivity contribution in [2.45, 2.75) is 0 Å². The molecule has 0 spiro atoms. The average molecular weight is 258 g/mol. The summed E-state index contributed by atoms with van der Waals surface area (Å²) in [6.07, 6.45) is 0. The van der Waals surface area contributed by atoms with E-state index in [9.17, 15) is 25.9 Å². The second kappa shape index (κ2) is 5.12. The summed E-state index contributed by atoms with van der Waals surface area (Å²) in [4.78, 5) is 0. The van der Waals surface area contributed by atoms with Gasteiger partial charge in [0, 0.05) is 0 Å². The summed E-state index contributed by atoms with van der Waals surface area (Å²) in [7, 11) is -9.86. The Balaban J connectivity index is -0.000000320. The van der Waals surface area contributed by atoms with E-state index < -0.39 is 25.3 Å². The molecule has 0 aromatic rings. The minimum absolute atomic E-state index is 0. The Morgan fingerprint density at radius 3 is 1.09 bits per heavy atom. The first-order chi connectivity index (χ1) is 3.71. The third-order valence-electron chi connectivity index (χ3n) is 0.289. The molecule has 0 saturated heterocycles. The fourth-order valence-corrected chi connectivity index (χ4v) is 1.59. The largest absolute Gasteiger partial charge is 2.00 e. The molecule has 0 radical (unpaired) electrons. The van der Waals surface area contributed by atoms with Crippen molar-refractivity contribution in [1.29, 1.82) is 0 Å². The molecule has 0 aliphatic carbocycles. The fourth-order valence-electron chi connectivity index (χ4n) is 0.177. The van der Waals surface area contributed by atoms with Crippen LogP contribution in [0.25, 0.3) is 0 Å². The van der Waals surface area contributed by atoms with Gasteiger partial charge in [0.2, 0.25) is 0 Å². The van der Waals surface area contributed by atoms with Crippen LogP contribution in [0.4, 0.5) is 0 Å². The third-order valence-corrected chi connectivity index (χ3v) is 2.60. The van der Waals surface area contributed by atoms with Crippen molar-refractivity contribution in [1.82, 2.24) is 0 Å². The standard InChI is InChI=1S/CH4O6S2.H2O.Zn/c2-8(3,4)1-9(5,6)7;;/h1H2,(H,2,3,4)(H,5,6,7);1H2;/q;;+2/p-2. The van der Waals surface area contributed by atoms with Crippen LogP contribution in [0.1, 0.15) is 0 Å². The normalized spacial score (nSPS) is 11.1. The summed E-state index contributed by atoms with van der Waals surface area (Å²) in [5, 5.41) is -1.88. The molecule has 2 N–H and O–H groups in total. The Labute approximate surface area is 76.4 Å². The zero-order chi connectivity index (χ0) is 7.71. The van der Waals surface area contributed by atoms with Gasteiger partial charge in [0.15, 0.2) is 0 Å². The summed E-state index contributed by atoms with van der Waals surface area (Å²) >= 11 is 0. The maximum absolute atomic E-state index is 9.51. The van der Waals surface area contributed by atoms with Gasteiger partial charge in [-0.05, 0) is 0 Å². The Hall–Kier alpha value is 0.403. The van der Waals surface area contributed by atoms with Crippen LogP contribution in [0.15, 0.2) is 0 Å². The van der Waals surface area contributed by atoms with E-state index in [0.29, 0.717) is 0 Å². The van der Waals surface area contributed by atoms with Crippen LogP contribution in [-0.4, -0.2) is 36.5 Å². The summed E-state index contributed by atoms with van der Waals surface area (Å²) in [5.74, 6) is 0. The Bertz CT molecular complexity index is 242. The molecule has 0 rings (SSSR count). The molecule has 11 heavy (non-hydrogen) atoms. The van der Waals surface area contributed by atoms with E-state index in [4.69, 9.17) is 0 Å². The molecular weight excluding hydrogens is 254 g/mol. The van der Waals surface area contributed by atoms with E-state index in [1.807, 2.05) is 0 Å². The Morgan fingerprint density at radius 1 is 0.909 bits per heavy atom. The van der Waals surface area contributed by atoms with Crippen LogP contribution in [0.2, 0.25) is 0 Å². The Morgan fingerprint density at radius 2 is 1.09 bits per heavy atom. The van der Waals surface area contributed by atoms with Gasteiger partial charge in [-0.25, -0.2) is 16.8 Å². The average Bonchev–Trinajstić information content (AvgIpc) is 1.14. The molecule has 0 aliphatic rings. The number of hydrogen-bond acceptors (Lipinski definition) is 6. The molecule has 0 heterocycles. The summed E-state index contributed by atoms with van der Waals surface area (Å²) in [6, 6.07) is 0. The van der Waals surface area contributed by atoms with E-state index in [0.717, 1.165) is 0 Å². The van der Waals surface area contributed by atoms with E-state index in [1.54, 1.807) is 0 Å². The van der Waals surface area contributed by atoms with Crippen molar-refractivity contribution < 1.29 is 50.9 Å². The molecule has 0 aromatic carbocycles. The molecule has 0 bridgehead atoms. The molecule has 0 fully saturated rings. The maximum Gasteiger partial charge on any atom is 2.00 e. The van der Waals surface area contributed by atoms with Crippen molar-refractivity contribution in [3.63, 3.8) is 0 Å². The summed E-state index contributed by atoms with van der Waals surface area (Å²) in [5.41, 5.74) is 0. The van der Waals surface area contributed by atoms with Crippen LogP contribution in [-0.2, 0) is 39.7 Å². The van der Waals surface area contributed by atoms with Gasteiger partial charge in [0.1, 0.15) is 25.3 Å². The van der Waals surface area contributed by atoms with E-state index in [2.05, 4.69) is 0 Å². The molecule has 10 heteroatoms. The van der Waals surface area contributed by atoms with Gasteiger partial charge in [-0.15, -0.1) is 0 Å². The molecule has 0 saturated carbocycles. The maximum atomic E-state index is 9.51. The molecule has 64 valence electrons. The zero-order valence-electron chi connectivity index (χ0n) is 5.18. The SMILES string of the molecule is O.O=S(=O)([O-])CS(=O)(=O)[O-].[Zn+2]. The fraction of sp³-hybridized carbons (Fsp3) is 1.00. The topological polar surface area (TPSA) is 146 Å². The smallest absolute Gasteiger partial charge is 0.747 e. The minimum atomic E-state index is -4.93. The molecule has 0 atom stereocenters. The van der Waals surface area contributed by atoms with Gasteiger partial charge < -0.3 is 14.6 Å². The van der Waals surface area contributed by atoms with Gasteiger partial charge in [0.25, 0.3) is 0 Å².